The molecule has 138 valence electrons. The number of amides is 4. The Morgan fingerprint density at radius 1 is 1.08 bits per heavy atom. The summed E-state index contributed by atoms with van der Waals surface area (Å²) in [7, 11) is 0. The van der Waals surface area contributed by atoms with Crippen LogP contribution in [0.25, 0.3) is 0 Å². The lowest BCUT2D eigenvalue weighted by Gasteiger charge is -2.40. The summed E-state index contributed by atoms with van der Waals surface area (Å²) < 4.78 is 0. The molecule has 1 atom stereocenters. The average molecular weight is 356 g/mol. The fourth-order valence-electron chi connectivity index (χ4n) is 4.42. The maximum atomic E-state index is 13.3. The molecular weight excluding hydrogens is 332 g/mol. The SMILES string of the molecule is Cc1ccc(C(=O)N2CCCC23CCCNC3=O)cc1N1CCNC1=O. The number of hydrogen-bond donors (Lipinski definition) is 2. The Morgan fingerprint density at radius 3 is 2.62 bits per heavy atom. The highest BCUT2D eigenvalue weighted by atomic mass is 16.2. The number of nitrogens with zero attached hydrogens (tertiary/aromatic N) is 2. The number of rotatable bonds is 2. The van der Waals surface area contributed by atoms with Crippen LogP contribution in [0, 0.1) is 6.92 Å². The molecule has 4 rings (SSSR count). The standard InChI is InChI=1S/C19H24N4O3/c1-13-4-5-14(12-15(13)22-11-9-21-18(22)26)16(24)23-10-3-7-19(23)6-2-8-20-17(19)25/h4-5,12H,2-3,6-11H2,1H3,(H,20,25)(H,21,26). The van der Waals surface area contributed by atoms with E-state index in [4.69, 9.17) is 0 Å². The molecule has 3 heterocycles. The lowest BCUT2D eigenvalue weighted by molar-refractivity contribution is -0.133. The highest BCUT2D eigenvalue weighted by Gasteiger charge is 2.50. The van der Waals surface area contributed by atoms with Crippen molar-refractivity contribution < 1.29 is 14.4 Å². The Morgan fingerprint density at radius 2 is 1.88 bits per heavy atom. The first-order chi connectivity index (χ1) is 12.5. The molecule has 0 saturated carbocycles. The summed E-state index contributed by atoms with van der Waals surface area (Å²) in [5.74, 6) is -0.152. The highest BCUT2D eigenvalue weighted by Crippen LogP contribution is 2.37. The summed E-state index contributed by atoms with van der Waals surface area (Å²) >= 11 is 0. The Bertz CT molecular complexity index is 778. The zero-order chi connectivity index (χ0) is 18.3. The van der Waals surface area contributed by atoms with E-state index >= 15 is 0 Å². The van der Waals surface area contributed by atoms with Gasteiger partial charge in [0.05, 0.1) is 0 Å². The Kier molecular flexibility index (Phi) is 4.09. The first-order valence-corrected chi connectivity index (χ1v) is 9.29. The van der Waals surface area contributed by atoms with Crippen LogP contribution in [-0.2, 0) is 4.79 Å². The molecule has 1 aromatic carbocycles. The Hall–Kier alpha value is -2.57. The molecule has 0 aromatic heterocycles. The summed E-state index contributed by atoms with van der Waals surface area (Å²) in [5, 5.41) is 5.72. The molecule has 3 saturated heterocycles. The summed E-state index contributed by atoms with van der Waals surface area (Å²) in [4.78, 5) is 41.3. The van der Waals surface area contributed by atoms with Crippen molar-refractivity contribution in [1.29, 1.82) is 0 Å². The molecule has 3 aliphatic heterocycles. The van der Waals surface area contributed by atoms with Gasteiger partial charge in [0.15, 0.2) is 0 Å². The van der Waals surface area contributed by atoms with E-state index in [2.05, 4.69) is 10.6 Å². The van der Waals surface area contributed by atoms with Gasteiger partial charge in [-0.2, -0.15) is 0 Å². The van der Waals surface area contributed by atoms with E-state index in [-0.39, 0.29) is 17.8 Å². The van der Waals surface area contributed by atoms with E-state index in [0.717, 1.165) is 36.9 Å². The van der Waals surface area contributed by atoms with Crippen LogP contribution >= 0.6 is 0 Å². The number of piperidine rings is 1. The fourth-order valence-corrected chi connectivity index (χ4v) is 4.42. The van der Waals surface area contributed by atoms with Crippen molar-refractivity contribution >= 4 is 23.5 Å². The number of nitrogens with one attached hydrogen (secondary N) is 2. The minimum absolute atomic E-state index is 0.0270. The zero-order valence-electron chi connectivity index (χ0n) is 15.0. The van der Waals surface area contributed by atoms with Gasteiger partial charge in [-0.1, -0.05) is 6.07 Å². The molecule has 0 aliphatic carbocycles. The van der Waals surface area contributed by atoms with E-state index < -0.39 is 5.54 Å². The average Bonchev–Trinajstić information content (AvgIpc) is 3.25. The summed E-state index contributed by atoms with van der Waals surface area (Å²) in [6.45, 7) is 4.40. The molecular formula is C19H24N4O3. The van der Waals surface area contributed by atoms with E-state index in [9.17, 15) is 14.4 Å². The van der Waals surface area contributed by atoms with Crippen LogP contribution in [0.3, 0.4) is 0 Å². The van der Waals surface area contributed by atoms with Crippen molar-refractivity contribution in [3.05, 3.63) is 29.3 Å². The van der Waals surface area contributed by atoms with E-state index in [1.807, 2.05) is 13.0 Å². The molecule has 1 unspecified atom stereocenters. The zero-order valence-corrected chi connectivity index (χ0v) is 15.0. The van der Waals surface area contributed by atoms with Gasteiger partial charge in [-0.3, -0.25) is 14.5 Å². The van der Waals surface area contributed by atoms with Gasteiger partial charge in [0.25, 0.3) is 5.91 Å². The third-order valence-corrected chi connectivity index (χ3v) is 5.81. The van der Waals surface area contributed by atoms with Crippen LogP contribution in [-0.4, -0.2) is 54.5 Å². The highest BCUT2D eigenvalue weighted by molar-refractivity contribution is 6.02. The molecule has 26 heavy (non-hydrogen) atoms. The molecule has 1 aromatic rings. The van der Waals surface area contributed by atoms with Crippen LogP contribution in [0.1, 0.15) is 41.6 Å². The van der Waals surface area contributed by atoms with Crippen LogP contribution in [0.5, 0.6) is 0 Å². The van der Waals surface area contributed by atoms with Gasteiger partial charge in [0, 0.05) is 37.4 Å². The quantitative estimate of drug-likeness (QED) is 0.841. The molecule has 2 N–H and O–H groups in total. The van der Waals surface area contributed by atoms with Gasteiger partial charge in [-0.15, -0.1) is 0 Å². The van der Waals surface area contributed by atoms with Crippen molar-refractivity contribution in [2.24, 2.45) is 0 Å². The monoisotopic (exact) mass is 356 g/mol. The van der Waals surface area contributed by atoms with E-state index in [0.29, 0.717) is 31.7 Å². The number of benzene rings is 1. The minimum Gasteiger partial charge on any atom is -0.354 e. The molecule has 4 amide bonds. The Balaban J connectivity index is 1.66. The third kappa shape index (κ3) is 2.53. The fraction of sp³-hybridized carbons (Fsp3) is 0.526. The van der Waals surface area contributed by atoms with Crippen LogP contribution in [0.2, 0.25) is 0 Å². The number of likely N-dealkylation sites (tertiary alicyclic amines) is 1. The molecule has 3 aliphatic rings. The predicted octanol–water partition coefficient (Wildman–Crippen LogP) is 1.41. The molecule has 3 fully saturated rings. The first kappa shape index (κ1) is 16.9. The number of urea groups is 1. The number of anilines is 1. The van der Waals surface area contributed by atoms with Gasteiger partial charge in [0.1, 0.15) is 5.54 Å². The second kappa shape index (κ2) is 6.30. The molecule has 7 nitrogen and oxygen atoms in total. The number of carbonyl (C=O) groups excluding carboxylic acids is 3. The van der Waals surface area contributed by atoms with Crippen LogP contribution in [0.15, 0.2) is 18.2 Å². The first-order valence-electron chi connectivity index (χ1n) is 9.29. The van der Waals surface area contributed by atoms with E-state index in [1.54, 1.807) is 21.9 Å². The smallest absolute Gasteiger partial charge is 0.322 e. The van der Waals surface area contributed by atoms with Gasteiger partial charge in [0.2, 0.25) is 5.91 Å². The predicted molar refractivity (Wildman–Crippen MR) is 97.2 cm³/mol. The molecule has 7 heteroatoms. The lowest BCUT2D eigenvalue weighted by atomic mass is 9.86. The second-order valence-electron chi connectivity index (χ2n) is 7.34. The van der Waals surface area contributed by atoms with Crippen LogP contribution < -0.4 is 15.5 Å². The minimum atomic E-state index is -0.703. The number of hydrogen-bond acceptors (Lipinski definition) is 3. The molecule has 0 bridgehead atoms. The van der Waals surface area contributed by atoms with Crippen LogP contribution in [0.4, 0.5) is 10.5 Å². The van der Waals surface area contributed by atoms with Crippen molar-refractivity contribution in [3.63, 3.8) is 0 Å². The Labute approximate surface area is 152 Å². The maximum Gasteiger partial charge on any atom is 0.322 e. The van der Waals surface area contributed by atoms with Gasteiger partial charge in [-0.25, -0.2) is 4.79 Å². The maximum absolute atomic E-state index is 13.3. The van der Waals surface area contributed by atoms with Gasteiger partial charge in [-0.05, 0) is 50.3 Å². The molecule has 0 radical (unpaired) electrons. The van der Waals surface area contributed by atoms with E-state index in [1.165, 1.54) is 0 Å². The van der Waals surface area contributed by atoms with Crippen molar-refractivity contribution in [2.75, 3.05) is 31.1 Å². The summed E-state index contributed by atoms with van der Waals surface area (Å²) in [5.41, 5.74) is 1.54. The largest absolute Gasteiger partial charge is 0.354 e. The lowest BCUT2D eigenvalue weighted by Crippen LogP contribution is -2.60. The summed E-state index contributed by atoms with van der Waals surface area (Å²) in [6, 6.07) is 5.32. The topological polar surface area (TPSA) is 81.8 Å². The molecule has 1 spiro atoms. The third-order valence-electron chi connectivity index (χ3n) is 5.81. The normalized spacial score (nSPS) is 25.6. The van der Waals surface area contributed by atoms with Crippen molar-refractivity contribution in [2.45, 2.75) is 38.1 Å². The number of aryl methyl sites for hydroxylation is 1. The van der Waals surface area contributed by atoms with Gasteiger partial charge >= 0.3 is 6.03 Å². The number of carbonyl (C=O) groups is 3. The summed E-state index contributed by atoms with van der Waals surface area (Å²) in [6.07, 6.45) is 3.17. The van der Waals surface area contributed by atoms with Crippen molar-refractivity contribution in [3.8, 4) is 0 Å². The van der Waals surface area contributed by atoms with Crippen molar-refractivity contribution in [1.82, 2.24) is 15.5 Å². The van der Waals surface area contributed by atoms with Gasteiger partial charge < -0.3 is 15.5 Å². The second-order valence-corrected chi connectivity index (χ2v) is 7.34.